The number of carboxylic acid groups (broad SMARTS) is 1. The summed E-state index contributed by atoms with van der Waals surface area (Å²) in [6.07, 6.45) is 5.62. The van der Waals surface area contributed by atoms with Crippen molar-refractivity contribution in [2.75, 3.05) is 5.32 Å². The van der Waals surface area contributed by atoms with Gasteiger partial charge in [0.1, 0.15) is 17.5 Å². The van der Waals surface area contributed by atoms with Gasteiger partial charge < -0.3 is 10.4 Å². The monoisotopic (exact) mass is 369 g/mol. The molecule has 138 valence electrons. The normalized spacial score (nSPS) is 15.5. The summed E-state index contributed by atoms with van der Waals surface area (Å²) in [5.74, 6) is -1.34. The van der Waals surface area contributed by atoms with Crippen LogP contribution in [0.1, 0.15) is 23.7 Å². The number of anilines is 1. The second kappa shape index (κ2) is 6.67. The lowest BCUT2D eigenvalue weighted by Crippen LogP contribution is -2.30. The number of para-hydroxylation sites is 1. The summed E-state index contributed by atoms with van der Waals surface area (Å²) in [6.45, 7) is 0.244. The first-order valence-electron chi connectivity index (χ1n) is 8.40. The van der Waals surface area contributed by atoms with Crippen molar-refractivity contribution in [2.45, 2.75) is 25.4 Å². The number of fused-ring (bicyclic) bond motifs is 1. The minimum Gasteiger partial charge on any atom is -0.480 e. The molecular formula is C18H16FN5O3. The van der Waals surface area contributed by atoms with Crippen LogP contribution in [0.15, 0.2) is 47.7 Å². The standard InChI is InChI=1S/C18H16FN5O3/c19-13-3-1-2-4-14(13)23-10-11(8-22-23)7-20-16-17(25)24-12(9-21-16)5-6-15(24)18(26)27/h1-4,8-10,15H,5-7H2,(H,20,21)(H,26,27)/t15-/m0/s1. The lowest BCUT2D eigenvalue weighted by molar-refractivity contribution is -0.140. The summed E-state index contributed by atoms with van der Waals surface area (Å²) in [5, 5.41) is 16.3. The summed E-state index contributed by atoms with van der Waals surface area (Å²) < 4.78 is 16.5. The Morgan fingerprint density at radius 3 is 2.93 bits per heavy atom. The first kappa shape index (κ1) is 17.0. The van der Waals surface area contributed by atoms with Gasteiger partial charge in [-0.3, -0.25) is 9.36 Å². The lowest BCUT2D eigenvalue weighted by Gasteiger charge is -2.11. The minimum absolute atomic E-state index is 0.0746. The van der Waals surface area contributed by atoms with Crippen LogP contribution in [0, 0.1) is 5.82 Å². The fourth-order valence-electron chi connectivity index (χ4n) is 3.20. The topological polar surface area (TPSA) is 102 Å². The minimum atomic E-state index is -1.03. The molecule has 0 unspecified atom stereocenters. The van der Waals surface area contributed by atoms with Gasteiger partial charge in [-0.2, -0.15) is 5.10 Å². The maximum atomic E-state index is 13.8. The number of aliphatic carboxylic acids is 1. The van der Waals surface area contributed by atoms with Crippen molar-refractivity contribution >= 4 is 11.8 Å². The first-order chi connectivity index (χ1) is 13.0. The summed E-state index contributed by atoms with van der Waals surface area (Å²) in [4.78, 5) is 28.0. The van der Waals surface area contributed by atoms with E-state index in [9.17, 15) is 19.1 Å². The van der Waals surface area contributed by atoms with Gasteiger partial charge in [0.05, 0.1) is 6.20 Å². The van der Waals surface area contributed by atoms with Gasteiger partial charge in [-0.15, -0.1) is 0 Å². The van der Waals surface area contributed by atoms with Gasteiger partial charge in [0.2, 0.25) is 0 Å². The lowest BCUT2D eigenvalue weighted by atomic mass is 10.2. The number of nitrogens with zero attached hydrogens (tertiary/aromatic N) is 4. The Hall–Kier alpha value is -3.49. The van der Waals surface area contributed by atoms with E-state index in [4.69, 9.17) is 0 Å². The molecule has 0 fully saturated rings. The third kappa shape index (κ3) is 3.07. The zero-order chi connectivity index (χ0) is 19.0. The second-order valence-corrected chi connectivity index (χ2v) is 6.26. The number of nitrogens with one attached hydrogen (secondary N) is 1. The molecule has 0 saturated carbocycles. The van der Waals surface area contributed by atoms with Gasteiger partial charge >= 0.3 is 5.97 Å². The maximum Gasteiger partial charge on any atom is 0.326 e. The fraction of sp³-hybridized carbons (Fsp3) is 0.222. The van der Waals surface area contributed by atoms with E-state index >= 15 is 0 Å². The van der Waals surface area contributed by atoms with Crippen molar-refractivity contribution in [3.8, 4) is 5.69 Å². The molecule has 1 atom stereocenters. The van der Waals surface area contributed by atoms with Crippen LogP contribution in [0.25, 0.3) is 5.69 Å². The number of carbonyl (C=O) groups is 1. The predicted octanol–water partition coefficient (Wildman–Crippen LogP) is 1.75. The molecule has 0 spiro atoms. The van der Waals surface area contributed by atoms with E-state index in [-0.39, 0.29) is 12.4 Å². The SMILES string of the molecule is O=C(O)[C@@H]1CCc2cnc(NCc3cnn(-c4ccccc4F)c3)c(=O)n21. The van der Waals surface area contributed by atoms with Gasteiger partial charge in [-0.25, -0.2) is 18.9 Å². The Morgan fingerprint density at radius 2 is 2.15 bits per heavy atom. The molecule has 0 aliphatic carbocycles. The molecule has 0 amide bonds. The molecule has 27 heavy (non-hydrogen) atoms. The summed E-state index contributed by atoms with van der Waals surface area (Å²) >= 11 is 0. The van der Waals surface area contributed by atoms with Crippen LogP contribution in [0.3, 0.4) is 0 Å². The molecule has 0 saturated heterocycles. The van der Waals surface area contributed by atoms with Crippen LogP contribution in [0.5, 0.6) is 0 Å². The molecule has 0 radical (unpaired) electrons. The summed E-state index contributed by atoms with van der Waals surface area (Å²) in [6, 6.07) is 5.41. The van der Waals surface area contributed by atoms with E-state index in [1.54, 1.807) is 30.6 Å². The first-order valence-corrected chi connectivity index (χ1v) is 8.40. The number of halogens is 1. The van der Waals surface area contributed by atoms with Gasteiger partial charge in [0.15, 0.2) is 5.82 Å². The van der Waals surface area contributed by atoms with Crippen molar-refractivity contribution in [1.82, 2.24) is 19.3 Å². The molecule has 9 heteroatoms. The zero-order valence-electron chi connectivity index (χ0n) is 14.2. The molecule has 1 aromatic carbocycles. The molecule has 3 heterocycles. The number of hydrogen-bond donors (Lipinski definition) is 2. The number of aryl methyl sites for hydroxylation is 1. The van der Waals surface area contributed by atoms with Crippen LogP contribution in [-0.2, 0) is 17.8 Å². The molecular weight excluding hydrogens is 353 g/mol. The van der Waals surface area contributed by atoms with E-state index in [0.29, 0.717) is 24.2 Å². The Labute approximate surface area is 152 Å². The number of benzene rings is 1. The molecule has 2 N–H and O–H groups in total. The number of rotatable bonds is 5. The van der Waals surface area contributed by atoms with Crippen LogP contribution >= 0.6 is 0 Å². The van der Waals surface area contributed by atoms with Crippen molar-refractivity contribution in [3.05, 3.63) is 70.3 Å². The fourth-order valence-corrected chi connectivity index (χ4v) is 3.20. The smallest absolute Gasteiger partial charge is 0.326 e. The highest BCUT2D eigenvalue weighted by Gasteiger charge is 2.30. The van der Waals surface area contributed by atoms with E-state index < -0.39 is 23.4 Å². The van der Waals surface area contributed by atoms with Crippen molar-refractivity contribution in [3.63, 3.8) is 0 Å². The largest absolute Gasteiger partial charge is 0.480 e. The molecule has 8 nitrogen and oxygen atoms in total. The third-order valence-electron chi connectivity index (χ3n) is 4.54. The Bertz CT molecular complexity index is 1070. The van der Waals surface area contributed by atoms with Crippen LogP contribution < -0.4 is 10.9 Å². The van der Waals surface area contributed by atoms with Crippen molar-refractivity contribution in [1.29, 1.82) is 0 Å². The molecule has 1 aliphatic rings. The second-order valence-electron chi connectivity index (χ2n) is 6.26. The van der Waals surface area contributed by atoms with E-state index in [1.807, 2.05) is 0 Å². The van der Waals surface area contributed by atoms with Crippen LogP contribution in [0.2, 0.25) is 0 Å². The predicted molar refractivity (Wildman–Crippen MR) is 94.3 cm³/mol. The highest BCUT2D eigenvalue weighted by molar-refractivity contribution is 5.72. The Kier molecular flexibility index (Phi) is 4.19. The van der Waals surface area contributed by atoms with Gasteiger partial charge in [0, 0.05) is 30.2 Å². The molecule has 4 rings (SSSR count). The van der Waals surface area contributed by atoms with Crippen LogP contribution in [-0.4, -0.2) is 30.4 Å². The highest BCUT2D eigenvalue weighted by Crippen LogP contribution is 2.23. The zero-order valence-corrected chi connectivity index (χ0v) is 14.2. The maximum absolute atomic E-state index is 13.8. The summed E-state index contributed by atoms with van der Waals surface area (Å²) in [5.41, 5.74) is 1.20. The average molecular weight is 369 g/mol. The quantitative estimate of drug-likeness (QED) is 0.710. The third-order valence-corrected chi connectivity index (χ3v) is 4.54. The number of carboxylic acids is 1. The van der Waals surface area contributed by atoms with E-state index in [0.717, 1.165) is 5.56 Å². The van der Waals surface area contributed by atoms with Gasteiger partial charge in [0.25, 0.3) is 5.56 Å². The number of aromatic nitrogens is 4. The molecule has 1 aliphatic heterocycles. The molecule has 2 aromatic heterocycles. The van der Waals surface area contributed by atoms with Gasteiger partial charge in [-0.1, -0.05) is 12.1 Å². The Morgan fingerprint density at radius 1 is 1.33 bits per heavy atom. The van der Waals surface area contributed by atoms with E-state index in [2.05, 4.69) is 15.4 Å². The summed E-state index contributed by atoms with van der Waals surface area (Å²) in [7, 11) is 0. The Balaban J connectivity index is 1.54. The average Bonchev–Trinajstić information content (AvgIpc) is 3.29. The van der Waals surface area contributed by atoms with Crippen molar-refractivity contribution in [2.24, 2.45) is 0 Å². The van der Waals surface area contributed by atoms with Crippen molar-refractivity contribution < 1.29 is 14.3 Å². The van der Waals surface area contributed by atoms with E-state index in [1.165, 1.54) is 21.5 Å². The number of hydrogen-bond acceptors (Lipinski definition) is 5. The molecule has 0 bridgehead atoms. The highest BCUT2D eigenvalue weighted by atomic mass is 19.1. The molecule has 3 aromatic rings. The van der Waals surface area contributed by atoms with Gasteiger partial charge in [-0.05, 0) is 25.0 Å². The van der Waals surface area contributed by atoms with Crippen LogP contribution in [0.4, 0.5) is 10.2 Å².